The summed E-state index contributed by atoms with van der Waals surface area (Å²) in [7, 11) is 0. The Bertz CT molecular complexity index is 1790. The summed E-state index contributed by atoms with van der Waals surface area (Å²) in [6, 6.07) is -2.23. The molecule has 22 nitrogen and oxygen atoms in total. The van der Waals surface area contributed by atoms with Crippen LogP contribution in [0, 0.1) is 21.4 Å². The van der Waals surface area contributed by atoms with E-state index in [1.807, 2.05) is 0 Å². The molecule has 4 unspecified atom stereocenters. The molecule has 2 rings (SSSR count). The third-order valence-electron chi connectivity index (χ3n) is 8.18. The molecule has 0 fully saturated rings. The number of hydrogen-bond donors (Lipinski definition) is 14. The Labute approximate surface area is 428 Å². The first-order valence-electron chi connectivity index (χ1n) is 17.2. The summed E-state index contributed by atoms with van der Waals surface area (Å²) in [6.45, 7) is -5.51. The lowest BCUT2D eigenvalue weighted by molar-refractivity contribution is -0.108. The van der Waals surface area contributed by atoms with Crippen LogP contribution >= 0.6 is 136 Å². The molecule has 0 radical (unpaired) electrons. The fraction of sp³-hybridized carbons (Fsp3) is 0.455. The molecule has 14 N–H and O–H groups in total. The van der Waals surface area contributed by atoms with Gasteiger partial charge in [-0.2, -0.15) is 0 Å². The largest absolute Gasteiger partial charge is 0.394 e. The lowest BCUT2D eigenvalue weighted by Crippen LogP contribution is -2.43. The van der Waals surface area contributed by atoms with Crippen LogP contribution in [-0.2, 0) is 9.59 Å². The van der Waals surface area contributed by atoms with Gasteiger partial charge in [0.05, 0.1) is 125 Å². The van der Waals surface area contributed by atoms with Gasteiger partial charge in [-0.05, 0) is 136 Å². The lowest BCUT2D eigenvalue weighted by atomic mass is 10.0. The Kier molecular flexibility index (Phi) is 25.0. The van der Waals surface area contributed by atoms with Gasteiger partial charge in [-0.25, -0.2) is 0 Å². The van der Waals surface area contributed by atoms with E-state index in [9.17, 15) is 79.8 Å². The number of halogens is 6. The monoisotopic (exact) mass is 1540 g/mol. The van der Waals surface area contributed by atoms with Gasteiger partial charge < -0.3 is 82.1 Å². The number of rotatable bonds is 24. The van der Waals surface area contributed by atoms with Crippen LogP contribution in [0.15, 0.2) is 0 Å². The molecular weight excluding hydrogens is 1500 g/mol. The number of nitrogens with one attached hydrogen (secondary N) is 4. The Hall–Kier alpha value is -0.760. The standard InChI is InChI=1S/C33H40I6N6O16/c34-22-18(30(58)40-12(4-46)5-47)24(36)28(26(38)20(22)32(60)42-16(56)8-50)44(10-52)2-14(54)1-15(55)3-45(11-53)29-25(37)19(31(59)41-13(6-48)7-49)23(35)21(27(29)39)33(61)43-17(57)9-51/h10-17,46-51,54-57H,1-9H2,(H,40,58)(H,41,59)(H,42,60)(H,43,61). The van der Waals surface area contributed by atoms with Crippen LogP contribution in [0.4, 0.5) is 11.4 Å². The molecule has 0 heterocycles. The number of nitrogens with zero attached hydrogens (tertiary/aromatic N) is 2. The summed E-state index contributed by atoms with van der Waals surface area (Å²) in [5.74, 6) is -3.68. The van der Waals surface area contributed by atoms with E-state index in [2.05, 4.69) is 21.3 Å². The molecule has 0 saturated carbocycles. The fourth-order valence-corrected chi connectivity index (χ4v) is 14.8. The zero-order chi connectivity index (χ0) is 46.5. The number of anilines is 2. The topological polar surface area (TPSA) is 359 Å². The van der Waals surface area contributed by atoms with Crippen molar-refractivity contribution >= 4 is 183 Å². The van der Waals surface area contributed by atoms with Crippen LogP contribution in [0.2, 0.25) is 0 Å². The zero-order valence-electron chi connectivity index (χ0n) is 31.1. The smallest absolute Gasteiger partial charge is 0.255 e. The minimum atomic E-state index is -1.72. The molecule has 0 spiro atoms. The van der Waals surface area contributed by atoms with Crippen molar-refractivity contribution in [1.82, 2.24) is 21.3 Å². The van der Waals surface area contributed by atoms with Gasteiger partial charge in [0.25, 0.3) is 23.6 Å². The number of amides is 6. The van der Waals surface area contributed by atoms with Crippen molar-refractivity contribution in [2.45, 2.75) is 43.2 Å². The first-order chi connectivity index (χ1) is 28.7. The highest BCUT2D eigenvalue weighted by Crippen LogP contribution is 2.39. The maximum absolute atomic E-state index is 13.5. The van der Waals surface area contributed by atoms with Gasteiger partial charge in [-0.15, -0.1) is 0 Å². The second-order valence-electron chi connectivity index (χ2n) is 12.6. The molecule has 4 atom stereocenters. The average molecular weight is 1540 g/mol. The van der Waals surface area contributed by atoms with Crippen molar-refractivity contribution in [2.75, 3.05) is 62.5 Å². The second-order valence-corrected chi connectivity index (χ2v) is 19.0. The molecule has 340 valence electrons. The quantitative estimate of drug-likeness (QED) is 0.0289. The van der Waals surface area contributed by atoms with E-state index in [0.717, 1.165) is 9.80 Å². The normalized spacial score (nSPS) is 13.3. The number of benzene rings is 2. The highest BCUT2D eigenvalue weighted by atomic mass is 127. The summed E-state index contributed by atoms with van der Waals surface area (Å²) in [6.07, 6.45) is -6.57. The van der Waals surface area contributed by atoms with E-state index in [4.69, 9.17) is 0 Å². The van der Waals surface area contributed by atoms with Crippen molar-refractivity contribution in [2.24, 2.45) is 0 Å². The minimum Gasteiger partial charge on any atom is -0.394 e. The molecule has 61 heavy (non-hydrogen) atoms. The Morgan fingerprint density at radius 1 is 0.459 bits per heavy atom. The minimum absolute atomic E-state index is 0.0213. The predicted molar refractivity (Wildman–Crippen MR) is 265 cm³/mol. The van der Waals surface area contributed by atoms with Crippen molar-refractivity contribution in [3.63, 3.8) is 0 Å². The Morgan fingerprint density at radius 2 is 0.721 bits per heavy atom. The first kappa shape index (κ1) is 56.4. The number of aliphatic hydroxyl groups is 10. The maximum Gasteiger partial charge on any atom is 0.255 e. The predicted octanol–water partition coefficient (Wildman–Crippen LogP) is -2.70. The van der Waals surface area contributed by atoms with E-state index in [1.165, 1.54) is 0 Å². The SMILES string of the molecule is O=CN(CC(O)CC(O)CN(C=O)c1c(I)c(C(=O)NC(O)CO)c(I)c(C(=O)NC(CO)CO)c1I)c1c(I)c(C(=O)NC(O)CO)c(I)c(C(=O)NC(CO)CO)c1I. The van der Waals surface area contributed by atoms with Crippen LogP contribution < -0.4 is 31.1 Å². The van der Waals surface area contributed by atoms with Gasteiger partial charge in [0, 0.05) is 13.6 Å². The van der Waals surface area contributed by atoms with Gasteiger partial charge in [0.15, 0.2) is 0 Å². The van der Waals surface area contributed by atoms with Crippen LogP contribution in [0.1, 0.15) is 47.9 Å². The number of aliphatic hydroxyl groups excluding tert-OH is 10. The molecule has 0 aliphatic heterocycles. The van der Waals surface area contributed by atoms with E-state index < -0.39 is 120 Å². The molecule has 2 aromatic rings. The summed E-state index contributed by atoms with van der Waals surface area (Å²) >= 11 is 10.3. The van der Waals surface area contributed by atoms with E-state index in [0.29, 0.717) is 0 Å². The first-order valence-corrected chi connectivity index (χ1v) is 23.7. The van der Waals surface area contributed by atoms with Crippen molar-refractivity contribution in [3.8, 4) is 0 Å². The van der Waals surface area contributed by atoms with Crippen LogP contribution in [0.25, 0.3) is 0 Å². The molecule has 0 bridgehead atoms. The van der Waals surface area contributed by atoms with Crippen LogP contribution in [0.5, 0.6) is 0 Å². The average Bonchev–Trinajstić information content (AvgIpc) is 3.20. The molecule has 0 saturated heterocycles. The molecule has 6 amide bonds. The highest BCUT2D eigenvalue weighted by molar-refractivity contribution is 14.1. The summed E-state index contributed by atoms with van der Waals surface area (Å²) in [5.41, 5.74) is -0.973. The molecule has 0 aliphatic carbocycles. The number of carbonyl (C=O) groups is 6. The Balaban J connectivity index is 2.63. The zero-order valence-corrected chi connectivity index (χ0v) is 44.0. The number of carbonyl (C=O) groups excluding carboxylic acids is 6. The van der Waals surface area contributed by atoms with Gasteiger partial charge >= 0.3 is 0 Å². The van der Waals surface area contributed by atoms with Gasteiger partial charge in [-0.3, -0.25) is 28.8 Å². The van der Waals surface area contributed by atoms with Crippen LogP contribution in [0.3, 0.4) is 0 Å². The lowest BCUT2D eigenvalue weighted by Gasteiger charge is -2.29. The molecular formula is C33H40I6N6O16. The van der Waals surface area contributed by atoms with Gasteiger partial charge in [0.2, 0.25) is 12.8 Å². The summed E-state index contributed by atoms with van der Waals surface area (Å²) < 4.78 is 0.292. The molecule has 0 aliphatic rings. The molecule has 28 heteroatoms. The van der Waals surface area contributed by atoms with E-state index in [-0.39, 0.29) is 67.9 Å². The highest BCUT2D eigenvalue weighted by Gasteiger charge is 2.34. The van der Waals surface area contributed by atoms with Gasteiger partial charge in [0.1, 0.15) is 12.5 Å². The van der Waals surface area contributed by atoms with Gasteiger partial charge in [-0.1, -0.05) is 0 Å². The van der Waals surface area contributed by atoms with E-state index >= 15 is 0 Å². The fourth-order valence-electron chi connectivity index (χ4n) is 5.25. The van der Waals surface area contributed by atoms with Crippen LogP contribution in [-0.4, -0.2) is 177 Å². The Morgan fingerprint density at radius 3 is 0.951 bits per heavy atom. The third-order valence-corrected chi connectivity index (χ3v) is 14.5. The second kappa shape index (κ2) is 27.0. The summed E-state index contributed by atoms with van der Waals surface area (Å²) in [5, 5.41) is 108. The summed E-state index contributed by atoms with van der Waals surface area (Å²) in [4.78, 5) is 80.9. The molecule has 2 aromatic carbocycles. The number of hydrogen-bond acceptors (Lipinski definition) is 16. The van der Waals surface area contributed by atoms with Crippen molar-refractivity contribution < 1.29 is 79.8 Å². The third kappa shape index (κ3) is 14.6. The molecule has 0 aromatic heterocycles. The van der Waals surface area contributed by atoms with E-state index in [1.54, 1.807) is 136 Å². The maximum atomic E-state index is 13.5. The van der Waals surface area contributed by atoms with Crippen molar-refractivity contribution in [3.05, 3.63) is 43.7 Å². The van der Waals surface area contributed by atoms with Crippen molar-refractivity contribution in [1.29, 1.82) is 0 Å².